The number of carbonyl (C=O) groups is 1. The molecule has 0 aliphatic rings. The van der Waals surface area contributed by atoms with Crippen molar-refractivity contribution >= 4 is 40.0 Å². The van der Waals surface area contributed by atoms with Crippen molar-refractivity contribution in [2.24, 2.45) is 0 Å². The van der Waals surface area contributed by atoms with E-state index in [0.29, 0.717) is 23.4 Å². The Labute approximate surface area is 230 Å². The predicted molar refractivity (Wildman–Crippen MR) is 143 cm³/mol. The molecule has 0 bridgehead atoms. The monoisotopic (exact) mass is 579 g/mol. The molecule has 1 heterocycles. The van der Waals surface area contributed by atoms with Gasteiger partial charge in [0, 0.05) is 12.1 Å². The molecule has 39 heavy (non-hydrogen) atoms. The van der Waals surface area contributed by atoms with Gasteiger partial charge in [0.2, 0.25) is 0 Å². The average Bonchev–Trinajstić information content (AvgIpc) is 3.22. The van der Waals surface area contributed by atoms with Crippen molar-refractivity contribution in [3.8, 4) is 11.4 Å². The third-order valence-electron chi connectivity index (χ3n) is 6.13. The first-order valence-corrected chi connectivity index (χ1v) is 13.4. The molecule has 206 valence electrons. The molecule has 0 saturated carbocycles. The number of imidazole rings is 1. The van der Waals surface area contributed by atoms with Gasteiger partial charge in [-0.1, -0.05) is 48.4 Å². The van der Waals surface area contributed by atoms with Crippen LogP contribution in [0.5, 0.6) is 5.75 Å². The minimum absolute atomic E-state index is 0.175. The predicted octanol–water partition coefficient (Wildman–Crippen LogP) is 7.14. The summed E-state index contributed by atoms with van der Waals surface area (Å²) in [6.45, 7) is 5.35. The maximum Gasteiger partial charge on any atom is 0.429 e. The topological polar surface area (TPSA) is 84.7 Å². The maximum absolute atomic E-state index is 13.3. The largest absolute Gasteiger partial charge is 0.429 e. The second-order valence-electron chi connectivity index (χ2n) is 8.99. The molecule has 7 nitrogen and oxygen atoms in total. The fourth-order valence-electron chi connectivity index (χ4n) is 4.25. The number of fused-ring (bicyclic) bond motifs is 1. The number of amides is 1. The van der Waals surface area contributed by atoms with Crippen LogP contribution in [0.3, 0.4) is 0 Å². The summed E-state index contributed by atoms with van der Waals surface area (Å²) in [7, 11) is 0. The van der Waals surface area contributed by atoms with E-state index in [1.54, 1.807) is 60.0 Å². The molecule has 1 aromatic heterocycles. The fraction of sp³-hybridized carbons (Fsp3) is 0.259. The van der Waals surface area contributed by atoms with Crippen molar-refractivity contribution in [3.63, 3.8) is 0 Å². The SMILES string of the molecule is CCc1nc2cc(C(F)(F)F)c(Cl)cc2n1-c1ccc(C[C@H](C)N(C(=O)Oc2ccc(C)cc2)S(=O)O)cc1. The Hall–Kier alpha value is -3.41. The molecular formula is C27H25ClF3N3O4S. The maximum atomic E-state index is 13.3. The van der Waals surface area contributed by atoms with Gasteiger partial charge in [0.05, 0.1) is 27.7 Å². The van der Waals surface area contributed by atoms with Crippen LogP contribution in [0.2, 0.25) is 5.02 Å². The van der Waals surface area contributed by atoms with Crippen LogP contribution in [-0.4, -0.2) is 34.8 Å². The quantitative estimate of drug-likeness (QED) is 0.235. The first-order valence-electron chi connectivity index (χ1n) is 11.9. The first kappa shape index (κ1) is 28.6. The van der Waals surface area contributed by atoms with Gasteiger partial charge >= 0.3 is 12.3 Å². The summed E-state index contributed by atoms with van der Waals surface area (Å²) in [5, 5.41) is -0.418. The van der Waals surface area contributed by atoms with E-state index in [4.69, 9.17) is 16.3 Å². The lowest BCUT2D eigenvalue weighted by Crippen LogP contribution is -2.42. The highest BCUT2D eigenvalue weighted by molar-refractivity contribution is 7.77. The lowest BCUT2D eigenvalue weighted by molar-refractivity contribution is -0.137. The molecule has 0 aliphatic heterocycles. The van der Waals surface area contributed by atoms with Gasteiger partial charge in [-0.05, 0) is 62.2 Å². The summed E-state index contributed by atoms with van der Waals surface area (Å²) in [5.41, 5.74) is 2.05. The van der Waals surface area contributed by atoms with Crippen molar-refractivity contribution in [1.82, 2.24) is 13.9 Å². The van der Waals surface area contributed by atoms with E-state index in [9.17, 15) is 26.7 Å². The Bertz CT molecular complexity index is 1520. The van der Waals surface area contributed by atoms with E-state index in [-0.39, 0.29) is 17.7 Å². The Morgan fingerprint density at radius 2 is 1.79 bits per heavy atom. The lowest BCUT2D eigenvalue weighted by Gasteiger charge is -2.24. The summed E-state index contributed by atoms with van der Waals surface area (Å²) >= 11 is 3.35. The van der Waals surface area contributed by atoms with Crippen LogP contribution in [0.15, 0.2) is 60.7 Å². The number of ether oxygens (including phenoxy) is 1. The number of hydrogen-bond acceptors (Lipinski definition) is 4. The Morgan fingerprint density at radius 1 is 1.15 bits per heavy atom. The normalized spacial score (nSPS) is 13.3. The molecule has 1 unspecified atom stereocenters. The Balaban J connectivity index is 1.57. The van der Waals surface area contributed by atoms with Gasteiger partial charge in [-0.15, -0.1) is 0 Å². The third-order valence-corrected chi connectivity index (χ3v) is 7.29. The van der Waals surface area contributed by atoms with Crippen molar-refractivity contribution in [3.05, 3.63) is 88.2 Å². The fourth-order valence-corrected chi connectivity index (χ4v) is 5.06. The van der Waals surface area contributed by atoms with Gasteiger partial charge in [-0.25, -0.2) is 14.0 Å². The number of rotatable bonds is 7. The second kappa shape index (κ2) is 11.4. The van der Waals surface area contributed by atoms with Crippen LogP contribution < -0.4 is 4.74 Å². The zero-order valence-corrected chi connectivity index (χ0v) is 22.8. The molecule has 4 rings (SSSR count). The smallest absolute Gasteiger partial charge is 0.409 e. The average molecular weight is 580 g/mol. The minimum Gasteiger partial charge on any atom is -0.409 e. The molecule has 1 amide bonds. The summed E-state index contributed by atoms with van der Waals surface area (Å²) in [5.74, 6) is 0.807. The third kappa shape index (κ3) is 6.26. The van der Waals surface area contributed by atoms with E-state index in [1.165, 1.54) is 6.07 Å². The molecule has 3 aromatic carbocycles. The summed E-state index contributed by atoms with van der Waals surface area (Å²) < 4.78 is 69.5. The highest BCUT2D eigenvalue weighted by Crippen LogP contribution is 2.38. The summed E-state index contributed by atoms with van der Waals surface area (Å²) in [6, 6.07) is 15.3. The summed E-state index contributed by atoms with van der Waals surface area (Å²) in [6.07, 6.45) is -4.86. The standard InChI is InChI=1S/C27H25ClF3N3O4S/c1-4-25-32-23-14-21(27(29,30)31)22(28)15-24(23)33(25)19-9-7-18(8-10-19)13-17(3)34(39(36)37)26(35)38-20-11-5-16(2)6-12-20/h5-12,14-15,17H,4,13H2,1-3H3,(H,36,37)/t17-/m0/s1. The van der Waals surface area contributed by atoms with Gasteiger partial charge in [0.15, 0.2) is 0 Å². The van der Waals surface area contributed by atoms with Gasteiger partial charge in [-0.2, -0.15) is 17.5 Å². The Morgan fingerprint density at radius 3 is 2.36 bits per heavy atom. The van der Waals surface area contributed by atoms with E-state index in [0.717, 1.165) is 21.5 Å². The molecule has 0 aliphatic carbocycles. The number of benzene rings is 3. The summed E-state index contributed by atoms with van der Waals surface area (Å²) in [4.78, 5) is 17.0. The van der Waals surface area contributed by atoms with Crippen molar-refractivity contribution in [2.45, 2.75) is 45.8 Å². The first-order chi connectivity index (χ1) is 18.4. The molecule has 0 spiro atoms. The van der Waals surface area contributed by atoms with Crippen LogP contribution in [0.4, 0.5) is 18.0 Å². The van der Waals surface area contributed by atoms with Crippen LogP contribution in [-0.2, 0) is 30.3 Å². The van der Waals surface area contributed by atoms with Crippen molar-refractivity contribution in [1.29, 1.82) is 0 Å². The molecule has 0 fully saturated rings. The van der Waals surface area contributed by atoms with Gasteiger partial charge < -0.3 is 4.74 Å². The van der Waals surface area contributed by atoms with Crippen LogP contribution in [0, 0.1) is 6.92 Å². The van der Waals surface area contributed by atoms with Gasteiger partial charge in [0.25, 0.3) is 11.3 Å². The molecule has 12 heteroatoms. The molecule has 4 aromatic rings. The van der Waals surface area contributed by atoms with Crippen molar-refractivity contribution < 1.29 is 31.5 Å². The zero-order chi connectivity index (χ0) is 28.5. The lowest BCUT2D eigenvalue weighted by atomic mass is 10.1. The Kier molecular flexibility index (Phi) is 8.34. The molecule has 0 radical (unpaired) electrons. The van der Waals surface area contributed by atoms with Gasteiger partial charge in [0.1, 0.15) is 11.6 Å². The second-order valence-corrected chi connectivity index (χ2v) is 10.3. The number of nitrogens with zero attached hydrogens (tertiary/aromatic N) is 3. The van der Waals surface area contributed by atoms with E-state index < -0.39 is 40.2 Å². The molecular weight excluding hydrogens is 555 g/mol. The van der Waals surface area contributed by atoms with E-state index >= 15 is 0 Å². The number of carbonyl (C=O) groups excluding carboxylic acids is 1. The highest BCUT2D eigenvalue weighted by atomic mass is 35.5. The number of aromatic nitrogens is 2. The number of alkyl halides is 3. The van der Waals surface area contributed by atoms with Gasteiger partial charge in [-0.3, -0.25) is 9.12 Å². The van der Waals surface area contributed by atoms with Crippen LogP contribution in [0.25, 0.3) is 16.7 Å². The van der Waals surface area contributed by atoms with Crippen LogP contribution >= 0.6 is 11.6 Å². The van der Waals surface area contributed by atoms with E-state index in [2.05, 4.69) is 4.98 Å². The molecule has 0 saturated heterocycles. The van der Waals surface area contributed by atoms with Crippen LogP contribution in [0.1, 0.15) is 36.4 Å². The zero-order valence-electron chi connectivity index (χ0n) is 21.2. The number of halogens is 4. The van der Waals surface area contributed by atoms with E-state index in [1.807, 2.05) is 13.8 Å². The number of aryl methyl sites for hydroxylation is 2. The van der Waals surface area contributed by atoms with Crippen molar-refractivity contribution in [2.75, 3.05) is 0 Å². The highest BCUT2D eigenvalue weighted by Gasteiger charge is 2.34. The minimum atomic E-state index is -4.60. The molecule has 1 N–H and O–H groups in total. The number of hydrogen-bond donors (Lipinski definition) is 1. The molecule has 2 atom stereocenters.